The average Bonchev–Trinajstić information content (AvgIpc) is 2.54. The zero-order chi connectivity index (χ0) is 19.9. The molecule has 12 nitrogen and oxygen atoms in total. The summed E-state index contributed by atoms with van der Waals surface area (Å²) >= 11 is 0. The first-order chi connectivity index (χ1) is 12.2. The minimum Gasteiger partial charge on any atom is -0.475 e. The summed E-state index contributed by atoms with van der Waals surface area (Å²) in [5.41, 5.74) is 5.06. The number of amides is 1. The molecule has 6 N–H and O–H groups in total. The summed E-state index contributed by atoms with van der Waals surface area (Å²) in [7, 11) is 1.18. The topological polar surface area (TPSA) is 198 Å². The van der Waals surface area contributed by atoms with Crippen molar-refractivity contribution < 1.29 is 38.5 Å². The van der Waals surface area contributed by atoms with Gasteiger partial charge in [0.2, 0.25) is 17.6 Å². The number of hydrogen-bond acceptors (Lipinski definition) is 8. The Morgan fingerprint density at radius 1 is 1.54 bits per heavy atom. The van der Waals surface area contributed by atoms with Crippen LogP contribution in [0.5, 0.6) is 0 Å². The van der Waals surface area contributed by atoms with Crippen molar-refractivity contribution in [2.24, 2.45) is 10.7 Å². The van der Waals surface area contributed by atoms with E-state index < -0.39 is 42.4 Å². The molecule has 0 saturated heterocycles. The van der Waals surface area contributed by atoms with E-state index in [0.717, 1.165) is 6.07 Å². The molecule has 26 heavy (non-hydrogen) atoms. The first-order valence-corrected chi connectivity index (χ1v) is 7.05. The van der Waals surface area contributed by atoms with E-state index >= 15 is 0 Å². The Hall–Kier alpha value is -3.25. The Kier molecular flexibility index (Phi) is 7.43. The van der Waals surface area contributed by atoms with Crippen LogP contribution >= 0.6 is 0 Å². The van der Waals surface area contributed by atoms with Crippen LogP contribution in [-0.2, 0) is 19.1 Å². The molecule has 1 rings (SSSR count). The minimum absolute atomic E-state index is 0.103. The van der Waals surface area contributed by atoms with Crippen molar-refractivity contribution in [3.63, 3.8) is 0 Å². The maximum Gasteiger partial charge on any atom is 0.371 e. The molecule has 1 aromatic heterocycles. The molecule has 0 spiro atoms. The van der Waals surface area contributed by atoms with Gasteiger partial charge in [-0.25, -0.2) is 9.79 Å². The number of rotatable bonds is 8. The van der Waals surface area contributed by atoms with E-state index in [0.29, 0.717) is 0 Å². The van der Waals surface area contributed by atoms with Crippen molar-refractivity contribution in [3.8, 4) is 0 Å². The first-order valence-electron chi connectivity index (χ1n) is 7.05. The maximum atomic E-state index is 11.5. The molecule has 142 valence electrons. The number of ether oxygens (including phenoxy) is 2. The highest BCUT2D eigenvalue weighted by Gasteiger charge is 2.29. The Balaban J connectivity index is 3.70. The quantitative estimate of drug-likeness (QED) is 0.215. The highest BCUT2D eigenvalue weighted by Crippen LogP contribution is 2.27. The molecule has 0 radical (unpaired) electrons. The highest BCUT2D eigenvalue weighted by atomic mass is 16.5. The van der Waals surface area contributed by atoms with Gasteiger partial charge in [-0.2, -0.15) is 0 Å². The Morgan fingerprint density at radius 2 is 2.19 bits per heavy atom. The monoisotopic (exact) mass is 370 g/mol. The van der Waals surface area contributed by atoms with Crippen LogP contribution in [-0.4, -0.2) is 54.3 Å². The second kappa shape index (κ2) is 9.29. The zero-order valence-corrected chi connectivity index (χ0v) is 13.9. The Bertz CT molecular complexity index is 773. The largest absolute Gasteiger partial charge is 0.475 e. The molecular formula is C14H18N4O8. The molecule has 0 fully saturated rings. The molecule has 0 aromatic carbocycles. The number of guanidine groups is 1. The van der Waals surface area contributed by atoms with Crippen molar-refractivity contribution in [1.82, 2.24) is 0 Å². The summed E-state index contributed by atoms with van der Waals surface area (Å²) in [4.78, 5) is 36.8. The summed E-state index contributed by atoms with van der Waals surface area (Å²) in [6.45, 7) is 0.777. The van der Waals surface area contributed by atoms with Gasteiger partial charge in [0.15, 0.2) is 5.76 Å². The van der Waals surface area contributed by atoms with Crippen LogP contribution in [0.1, 0.15) is 29.3 Å². The fourth-order valence-corrected chi connectivity index (χ4v) is 2.01. The molecule has 0 saturated carbocycles. The van der Waals surface area contributed by atoms with Gasteiger partial charge in [-0.15, -0.1) is 0 Å². The van der Waals surface area contributed by atoms with Gasteiger partial charge in [-0.05, 0) is 0 Å². The predicted molar refractivity (Wildman–Crippen MR) is 85.2 cm³/mol. The fraction of sp³-hybridized carbons (Fsp3) is 0.357. The number of carbonyl (C=O) groups is 3. The summed E-state index contributed by atoms with van der Waals surface area (Å²) in [6.07, 6.45) is -2.80. The lowest BCUT2D eigenvalue weighted by Crippen LogP contribution is -2.30. The van der Waals surface area contributed by atoms with Gasteiger partial charge in [0.1, 0.15) is 24.5 Å². The third-order valence-electron chi connectivity index (χ3n) is 2.94. The lowest BCUT2D eigenvalue weighted by Gasteiger charge is -2.22. The van der Waals surface area contributed by atoms with Gasteiger partial charge in [-0.3, -0.25) is 15.0 Å². The lowest BCUT2D eigenvalue weighted by molar-refractivity contribution is -0.135. The van der Waals surface area contributed by atoms with Crippen LogP contribution in [0.3, 0.4) is 0 Å². The molecule has 2 atom stereocenters. The molecular weight excluding hydrogens is 352 g/mol. The molecule has 0 aliphatic carbocycles. The van der Waals surface area contributed by atoms with E-state index in [2.05, 4.69) is 15.0 Å². The Labute approximate surface area is 146 Å². The lowest BCUT2D eigenvalue weighted by atomic mass is 10.1. The molecule has 12 heteroatoms. The molecule has 0 unspecified atom stereocenters. The van der Waals surface area contributed by atoms with E-state index in [1.165, 1.54) is 14.0 Å². The summed E-state index contributed by atoms with van der Waals surface area (Å²) in [5.74, 6) is -3.64. The normalized spacial score (nSPS) is 13.6. The smallest absolute Gasteiger partial charge is 0.371 e. The number of aliphatic hydroxyl groups is 1. The van der Waals surface area contributed by atoms with E-state index in [4.69, 9.17) is 20.3 Å². The molecule has 1 heterocycles. The number of nitrogens with zero attached hydrogens (tertiary/aromatic N) is 1. The fourth-order valence-electron chi connectivity index (χ4n) is 2.01. The Morgan fingerprint density at radius 3 is 2.65 bits per heavy atom. The van der Waals surface area contributed by atoms with Crippen molar-refractivity contribution in [3.05, 3.63) is 22.9 Å². The third-order valence-corrected chi connectivity index (χ3v) is 2.94. The number of aromatic carboxylic acids is 1. The van der Waals surface area contributed by atoms with E-state index in [1.54, 1.807) is 0 Å². The summed E-state index contributed by atoms with van der Waals surface area (Å²) in [6, 6.07) is 0.944. The van der Waals surface area contributed by atoms with Crippen molar-refractivity contribution >= 4 is 30.0 Å². The summed E-state index contributed by atoms with van der Waals surface area (Å²) in [5, 5.41) is 28.8. The van der Waals surface area contributed by atoms with Gasteiger partial charge in [0.05, 0.1) is 5.36 Å². The second-order valence-electron chi connectivity index (χ2n) is 4.87. The van der Waals surface area contributed by atoms with Crippen molar-refractivity contribution in [2.75, 3.05) is 19.0 Å². The van der Waals surface area contributed by atoms with Crippen LogP contribution in [0, 0.1) is 5.41 Å². The molecule has 1 aromatic rings. The average molecular weight is 370 g/mol. The minimum atomic E-state index is -1.48. The maximum absolute atomic E-state index is 11.5. The number of nitrogens with two attached hydrogens (primary N) is 1. The number of aliphatic hydroxyl groups excluding tert-OH is 1. The van der Waals surface area contributed by atoms with Gasteiger partial charge in [0, 0.05) is 20.1 Å². The van der Waals surface area contributed by atoms with Gasteiger partial charge in [0.25, 0.3) is 6.47 Å². The van der Waals surface area contributed by atoms with Crippen LogP contribution in [0.4, 0.5) is 5.69 Å². The van der Waals surface area contributed by atoms with Crippen LogP contribution < -0.4 is 16.4 Å². The van der Waals surface area contributed by atoms with Gasteiger partial charge < -0.3 is 35.2 Å². The van der Waals surface area contributed by atoms with E-state index in [1.807, 2.05) is 0 Å². The number of methoxy groups -OCH3 is 1. The third kappa shape index (κ3) is 5.39. The van der Waals surface area contributed by atoms with Crippen molar-refractivity contribution in [2.45, 2.75) is 19.1 Å². The van der Waals surface area contributed by atoms with E-state index in [-0.39, 0.29) is 23.3 Å². The van der Waals surface area contributed by atoms with Gasteiger partial charge >= 0.3 is 5.97 Å². The highest BCUT2D eigenvalue weighted by molar-refractivity contribution is 5.90. The number of hydrogen-bond donors (Lipinski definition) is 5. The number of carboxylic acids is 1. The predicted octanol–water partition coefficient (Wildman–Crippen LogP) is -1.05. The SMILES string of the molecule is CO[C@@H](c1oc(C(=O)O)c/c(=N/C(=N)N)c1NC(C)=O)[C@H](O)COC=O. The number of carbonyl (C=O) groups excluding carboxylic acids is 2. The molecule has 0 bridgehead atoms. The molecule has 0 aliphatic rings. The standard InChI is InChI=1S/C14H18N4O8/c1-6(20)17-10-7(18-14(15)16)3-9(13(22)23)26-12(10)11(24-2)8(21)4-25-5-19/h3,5,8,11,21H,4H2,1-2H3,(H3,15,16)(H,17,20)(H,22,23)/b18-7-/t8-,11-/m1/s1. The molecule has 1 amide bonds. The number of anilines is 1. The van der Waals surface area contributed by atoms with Crippen molar-refractivity contribution in [1.29, 1.82) is 5.41 Å². The molecule has 0 aliphatic heterocycles. The van der Waals surface area contributed by atoms with Gasteiger partial charge in [-0.1, -0.05) is 0 Å². The second-order valence-corrected chi connectivity index (χ2v) is 4.87. The van der Waals surface area contributed by atoms with Crippen LogP contribution in [0.25, 0.3) is 0 Å². The summed E-state index contributed by atoms with van der Waals surface area (Å²) < 4.78 is 14.8. The first kappa shape index (κ1) is 20.8. The van der Waals surface area contributed by atoms with Crippen LogP contribution in [0.15, 0.2) is 15.5 Å². The number of carboxylic acid groups (broad SMARTS) is 1. The zero-order valence-electron chi connectivity index (χ0n) is 13.9. The van der Waals surface area contributed by atoms with E-state index in [9.17, 15) is 24.6 Å². The van der Waals surface area contributed by atoms with Crippen LogP contribution in [0.2, 0.25) is 0 Å². The number of nitrogens with one attached hydrogen (secondary N) is 2.